The van der Waals surface area contributed by atoms with Crippen LogP contribution in [0, 0.1) is 0 Å². The van der Waals surface area contributed by atoms with Crippen LogP contribution >= 0.6 is 0 Å². The van der Waals surface area contributed by atoms with E-state index < -0.39 is 0 Å². The molecule has 0 saturated carbocycles. The fourth-order valence-electron chi connectivity index (χ4n) is 2.74. The van der Waals surface area contributed by atoms with E-state index in [0.29, 0.717) is 17.5 Å². The van der Waals surface area contributed by atoms with Crippen molar-refractivity contribution in [2.75, 3.05) is 6.61 Å². The van der Waals surface area contributed by atoms with Gasteiger partial charge in [0.15, 0.2) is 0 Å². The molecule has 0 unspecified atom stereocenters. The quantitative estimate of drug-likeness (QED) is 0.526. The Balaban J connectivity index is 1.94. The van der Waals surface area contributed by atoms with Gasteiger partial charge in [0.2, 0.25) is 0 Å². The number of benzene rings is 1. The normalized spacial score (nSPS) is 11.1. The van der Waals surface area contributed by atoms with Crippen molar-refractivity contribution in [1.82, 2.24) is 4.98 Å². The first-order valence-electron chi connectivity index (χ1n) is 9.31. The van der Waals surface area contributed by atoms with Gasteiger partial charge in [0, 0.05) is 0 Å². The van der Waals surface area contributed by atoms with Gasteiger partial charge in [-0.3, -0.25) is 0 Å². The molecule has 0 bridgehead atoms. The van der Waals surface area contributed by atoms with Gasteiger partial charge in [0.05, 0.1) is 17.5 Å². The third-order valence-electron chi connectivity index (χ3n) is 4.22. The number of aromatic nitrogens is 1. The van der Waals surface area contributed by atoms with Crippen LogP contribution in [0.4, 0.5) is 0 Å². The summed E-state index contributed by atoms with van der Waals surface area (Å²) < 4.78 is 10.7. The van der Waals surface area contributed by atoms with Gasteiger partial charge in [0.1, 0.15) is 0 Å². The largest absolute Gasteiger partial charge is 0.450 e. The summed E-state index contributed by atoms with van der Waals surface area (Å²) in [6.07, 6.45) is 10.5. The fourth-order valence-corrected chi connectivity index (χ4v) is 2.74. The zero-order valence-corrected chi connectivity index (χ0v) is 15.0. The Morgan fingerprint density at radius 2 is 1.75 bits per heavy atom. The molecule has 0 aliphatic rings. The second-order valence-corrected chi connectivity index (χ2v) is 6.34. The van der Waals surface area contributed by atoms with E-state index in [1.165, 1.54) is 31.2 Å². The standard InChI is InChI=1S/C20H29NO3/c1-3-5-7-8-9-10-14-23-20-21-18-15-16(11-6-4-2)12-13-17(18)19(22)24-20/h12-13,15H,3-11,14H2,1-2H3. The van der Waals surface area contributed by atoms with Gasteiger partial charge in [-0.25, -0.2) is 4.79 Å². The summed E-state index contributed by atoms with van der Waals surface area (Å²) in [4.78, 5) is 16.4. The maximum Gasteiger partial charge on any atom is 0.397 e. The topological polar surface area (TPSA) is 52.3 Å². The monoisotopic (exact) mass is 331 g/mol. The van der Waals surface area contributed by atoms with Crippen LogP contribution in [0.2, 0.25) is 0 Å². The van der Waals surface area contributed by atoms with Crippen molar-refractivity contribution in [3.8, 4) is 6.08 Å². The third kappa shape index (κ3) is 5.66. The van der Waals surface area contributed by atoms with Crippen molar-refractivity contribution >= 4 is 10.9 Å². The summed E-state index contributed by atoms with van der Waals surface area (Å²) >= 11 is 0. The van der Waals surface area contributed by atoms with Gasteiger partial charge < -0.3 is 9.15 Å². The van der Waals surface area contributed by atoms with Crippen LogP contribution in [-0.4, -0.2) is 11.6 Å². The fraction of sp³-hybridized carbons (Fsp3) is 0.600. The Kier molecular flexibility index (Phi) is 7.80. The van der Waals surface area contributed by atoms with Crippen LogP contribution in [0.5, 0.6) is 6.08 Å². The molecular weight excluding hydrogens is 302 g/mol. The first kappa shape index (κ1) is 18.5. The lowest BCUT2D eigenvalue weighted by atomic mass is 10.1. The first-order valence-corrected chi connectivity index (χ1v) is 9.31. The van der Waals surface area contributed by atoms with E-state index in [2.05, 4.69) is 18.8 Å². The Morgan fingerprint density at radius 3 is 2.54 bits per heavy atom. The van der Waals surface area contributed by atoms with Crippen molar-refractivity contribution in [2.45, 2.75) is 71.6 Å². The molecule has 0 spiro atoms. The number of hydrogen-bond acceptors (Lipinski definition) is 4. The van der Waals surface area contributed by atoms with Crippen molar-refractivity contribution in [3.63, 3.8) is 0 Å². The number of rotatable bonds is 11. The van der Waals surface area contributed by atoms with Gasteiger partial charge in [-0.2, -0.15) is 4.98 Å². The predicted octanol–water partition coefficient (Wildman–Crippen LogP) is 5.27. The zero-order valence-electron chi connectivity index (χ0n) is 15.0. The van der Waals surface area contributed by atoms with E-state index in [0.717, 1.165) is 32.1 Å². The number of hydrogen-bond donors (Lipinski definition) is 0. The molecule has 0 amide bonds. The molecule has 4 nitrogen and oxygen atoms in total. The predicted molar refractivity (Wildman–Crippen MR) is 97.8 cm³/mol. The van der Waals surface area contributed by atoms with Gasteiger partial charge in [-0.05, 0) is 37.0 Å². The Labute approximate surface area is 144 Å². The smallest absolute Gasteiger partial charge is 0.397 e. The molecule has 1 aromatic carbocycles. The van der Waals surface area contributed by atoms with Crippen LogP contribution in [-0.2, 0) is 6.42 Å². The highest BCUT2D eigenvalue weighted by Gasteiger charge is 2.08. The Hall–Kier alpha value is -1.84. The van der Waals surface area contributed by atoms with E-state index in [1.54, 1.807) is 6.07 Å². The number of unbranched alkanes of at least 4 members (excludes halogenated alkanes) is 6. The molecule has 4 heteroatoms. The second-order valence-electron chi connectivity index (χ2n) is 6.34. The summed E-state index contributed by atoms with van der Waals surface area (Å²) in [5.74, 6) is 0. The van der Waals surface area contributed by atoms with E-state index >= 15 is 0 Å². The minimum absolute atomic E-state index is 0.0914. The van der Waals surface area contributed by atoms with E-state index in [-0.39, 0.29) is 11.7 Å². The highest BCUT2D eigenvalue weighted by atomic mass is 16.6. The molecule has 2 aromatic rings. The van der Waals surface area contributed by atoms with Crippen LogP contribution in [0.3, 0.4) is 0 Å². The van der Waals surface area contributed by atoms with Crippen molar-refractivity contribution in [1.29, 1.82) is 0 Å². The lowest BCUT2D eigenvalue weighted by Gasteiger charge is -2.06. The minimum Gasteiger partial charge on any atom is -0.450 e. The summed E-state index contributed by atoms with van der Waals surface area (Å²) in [6, 6.07) is 5.75. The number of nitrogens with zero attached hydrogens (tertiary/aromatic N) is 1. The molecule has 0 fully saturated rings. The van der Waals surface area contributed by atoms with Crippen molar-refractivity contribution in [2.24, 2.45) is 0 Å². The maximum absolute atomic E-state index is 12.0. The summed E-state index contributed by atoms with van der Waals surface area (Å²) in [7, 11) is 0. The molecule has 2 rings (SSSR count). The van der Waals surface area contributed by atoms with Gasteiger partial charge in [-0.1, -0.05) is 58.4 Å². The maximum atomic E-state index is 12.0. The van der Waals surface area contributed by atoms with Gasteiger partial charge in [0.25, 0.3) is 0 Å². The minimum atomic E-state index is -0.375. The molecule has 24 heavy (non-hydrogen) atoms. The van der Waals surface area contributed by atoms with Crippen molar-refractivity contribution in [3.05, 3.63) is 34.2 Å². The van der Waals surface area contributed by atoms with E-state index in [4.69, 9.17) is 9.15 Å². The van der Waals surface area contributed by atoms with Crippen LogP contribution in [0.1, 0.15) is 70.8 Å². The van der Waals surface area contributed by atoms with Crippen LogP contribution in [0.25, 0.3) is 10.9 Å². The molecular formula is C20H29NO3. The Morgan fingerprint density at radius 1 is 1.00 bits per heavy atom. The average molecular weight is 331 g/mol. The SMILES string of the molecule is CCCCCCCCOc1nc2cc(CCCC)ccc2c(=O)o1. The molecule has 1 heterocycles. The van der Waals surface area contributed by atoms with Gasteiger partial charge >= 0.3 is 11.7 Å². The van der Waals surface area contributed by atoms with E-state index in [1.807, 2.05) is 12.1 Å². The van der Waals surface area contributed by atoms with Crippen LogP contribution in [0.15, 0.2) is 27.4 Å². The molecule has 0 radical (unpaired) electrons. The van der Waals surface area contributed by atoms with Gasteiger partial charge in [-0.15, -0.1) is 0 Å². The molecule has 0 aliphatic carbocycles. The molecule has 0 atom stereocenters. The third-order valence-corrected chi connectivity index (χ3v) is 4.22. The molecule has 0 aliphatic heterocycles. The number of ether oxygens (including phenoxy) is 1. The molecule has 132 valence electrons. The molecule has 1 aromatic heterocycles. The highest BCUT2D eigenvalue weighted by Crippen LogP contribution is 2.16. The lowest BCUT2D eigenvalue weighted by Crippen LogP contribution is -2.06. The second kappa shape index (κ2) is 10.1. The zero-order chi connectivity index (χ0) is 17.2. The van der Waals surface area contributed by atoms with Crippen LogP contribution < -0.4 is 10.4 Å². The summed E-state index contributed by atoms with van der Waals surface area (Å²) in [5.41, 5.74) is 1.49. The van der Waals surface area contributed by atoms with E-state index in [9.17, 15) is 4.79 Å². The average Bonchev–Trinajstić information content (AvgIpc) is 2.59. The lowest BCUT2D eigenvalue weighted by molar-refractivity contribution is 0.211. The molecule has 0 saturated heterocycles. The van der Waals surface area contributed by atoms with Crippen molar-refractivity contribution < 1.29 is 9.15 Å². The Bertz CT molecular complexity index is 678. The number of fused-ring (bicyclic) bond motifs is 1. The summed E-state index contributed by atoms with van der Waals surface area (Å²) in [5, 5.41) is 0.516. The number of aryl methyl sites for hydroxylation is 1. The highest BCUT2D eigenvalue weighted by molar-refractivity contribution is 5.77. The molecule has 0 N–H and O–H groups in total. The summed E-state index contributed by atoms with van der Waals surface area (Å²) in [6.45, 7) is 4.93. The first-order chi connectivity index (χ1) is 11.7.